The Labute approximate surface area is 228 Å². The van der Waals surface area contributed by atoms with Gasteiger partial charge in [-0.1, -0.05) is 0 Å². The molecule has 1 aromatic carbocycles. The summed E-state index contributed by atoms with van der Waals surface area (Å²) in [7, 11) is 0. The molecule has 222 valence electrons. The Morgan fingerprint density at radius 1 is 0.975 bits per heavy atom. The smallest absolute Gasteiger partial charge is 0.339 e. The Bertz CT molecular complexity index is 1370. The second kappa shape index (κ2) is 11.4. The van der Waals surface area contributed by atoms with Crippen molar-refractivity contribution in [3.8, 4) is 5.75 Å². The summed E-state index contributed by atoms with van der Waals surface area (Å²) in [4.78, 5) is 12.9. The topological polar surface area (TPSA) is 213 Å². The third-order valence-corrected chi connectivity index (χ3v) is 7.18. The van der Waals surface area contributed by atoms with Crippen LogP contribution in [0.2, 0.25) is 0 Å². The number of aliphatic hydroxyl groups excluding tert-OH is 6. The highest BCUT2D eigenvalue weighted by Crippen LogP contribution is 2.36. The molecule has 3 aromatic rings. The van der Waals surface area contributed by atoms with Crippen LogP contribution in [0.25, 0.3) is 21.9 Å². The quantitative estimate of drug-likeness (QED) is 0.155. The van der Waals surface area contributed by atoms with E-state index >= 15 is 0 Å². The minimum atomic E-state index is -1.67. The highest BCUT2D eigenvalue weighted by atomic mass is 16.7. The summed E-state index contributed by atoms with van der Waals surface area (Å²) in [5.74, 6) is 0.237. The van der Waals surface area contributed by atoms with E-state index in [4.69, 9.17) is 23.0 Å². The largest absolute Gasteiger partial charge is 0.489 e. The summed E-state index contributed by atoms with van der Waals surface area (Å²) in [6.07, 6.45) is -9.04. The molecule has 13 heteroatoms. The van der Waals surface area contributed by atoms with Crippen molar-refractivity contribution < 1.29 is 58.8 Å². The van der Waals surface area contributed by atoms with Crippen molar-refractivity contribution in [3.63, 3.8) is 0 Å². The van der Waals surface area contributed by atoms with Gasteiger partial charge < -0.3 is 58.8 Å². The van der Waals surface area contributed by atoms with E-state index in [1.165, 1.54) is 46.1 Å². The van der Waals surface area contributed by atoms with Crippen LogP contribution in [0.15, 0.2) is 38.1 Å². The summed E-state index contributed by atoms with van der Waals surface area (Å²) in [5.41, 5.74) is -3.08. The number of hydrogen-bond acceptors (Lipinski definition) is 13. The second-order valence-corrected chi connectivity index (χ2v) is 11.1. The van der Waals surface area contributed by atoms with Crippen molar-refractivity contribution in [2.45, 2.75) is 88.2 Å². The Morgan fingerprint density at radius 3 is 2.33 bits per heavy atom. The normalized spacial score (nSPS) is 25.8. The molecule has 1 aliphatic heterocycles. The lowest BCUT2D eigenvalue weighted by Gasteiger charge is -2.43. The molecular weight excluding hydrogens is 532 g/mol. The SMILES string of the molecule is CC(C)(O)C(O)COc1c2ccoc2cc2oc(=O)c(CC(O)C(C)(C)O[C@@H]3O[C@H](CO)[C@@H](O)[C@H](O)[C@H]3O)cc12. The van der Waals surface area contributed by atoms with Crippen molar-refractivity contribution in [1.82, 2.24) is 0 Å². The molecule has 0 aliphatic carbocycles. The minimum absolute atomic E-state index is 0.0567. The Kier molecular flexibility index (Phi) is 8.62. The number of hydrogen-bond donors (Lipinski definition) is 7. The number of rotatable bonds is 10. The van der Waals surface area contributed by atoms with Gasteiger partial charge in [-0.3, -0.25) is 0 Å². The Morgan fingerprint density at radius 2 is 1.68 bits per heavy atom. The van der Waals surface area contributed by atoms with E-state index in [-0.39, 0.29) is 29.9 Å². The molecule has 1 fully saturated rings. The first kappa shape index (κ1) is 30.4. The average molecular weight is 569 g/mol. The lowest BCUT2D eigenvalue weighted by molar-refractivity contribution is -0.331. The molecule has 0 radical (unpaired) electrons. The Balaban J connectivity index is 1.61. The molecule has 0 amide bonds. The van der Waals surface area contributed by atoms with Gasteiger partial charge in [0, 0.05) is 18.1 Å². The zero-order chi connectivity index (χ0) is 29.6. The van der Waals surface area contributed by atoms with Gasteiger partial charge in [-0.25, -0.2) is 4.79 Å². The van der Waals surface area contributed by atoms with Crippen molar-refractivity contribution in [3.05, 3.63) is 40.4 Å². The lowest BCUT2D eigenvalue weighted by atomic mass is 9.94. The van der Waals surface area contributed by atoms with Gasteiger partial charge in [0.2, 0.25) is 0 Å². The lowest BCUT2D eigenvalue weighted by Crippen LogP contribution is -2.61. The van der Waals surface area contributed by atoms with E-state index in [2.05, 4.69) is 0 Å². The summed E-state index contributed by atoms with van der Waals surface area (Å²) in [6.45, 7) is 4.90. The summed E-state index contributed by atoms with van der Waals surface area (Å²) in [6, 6.07) is 4.63. The number of fused-ring (bicyclic) bond motifs is 2. The number of ether oxygens (including phenoxy) is 3. The Hall–Kier alpha value is -2.59. The van der Waals surface area contributed by atoms with Crippen LogP contribution in [0, 0.1) is 0 Å². The van der Waals surface area contributed by atoms with Crippen molar-refractivity contribution in [2.75, 3.05) is 13.2 Å². The second-order valence-electron chi connectivity index (χ2n) is 11.1. The van der Waals surface area contributed by atoms with Gasteiger partial charge in [0.1, 0.15) is 54.0 Å². The maximum Gasteiger partial charge on any atom is 0.339 e. The maximum absolute atomic E-state index is 12.9. The summed E-state index contributed by atoms with van der Waals surface area (Å²) >= 11 is 0. The fourth-order valence-corrected chi connectivity index (χ4v) is 4.35. The molecule has 1 aliphatic rings. The van der Waals surface area contributed by atoms with Crippen LogP contribution in [-0.2, 0) is 15.9 Å². The van der Waals surface area contributed by atoms with E-state index < -0.39 is 66.3 Å². The average Bonchev–Trinajstić information content (AvgIpc) is 3.35. The molecule has 3 heterocycles. The van der Waals surface area contributed by atoms with E-state index in [1.54, 1.807) is 6.07 Å². The van der Waals surface area contributed by atoms with Crippen molar-refractivity contribution in [1.29, 1.82) is 0 Å². The third-order valence-electron chi connectivity index (χ3n) is 7.18. The maximum atomic E-state index is 12.9. The van der Waals surface area contributed by atoms with Crippen LogP contribution in [0.4, 0.5) is 0 Å². The van der Waals surface area contributed by atoms with Gasteiger partial charge in [0.15, 0.2) is 6.29 Å². The fraction of sp³-hybridized carbons (Fsp3) is 0.593. The first-order chi connectivity index (χ1) is 18.6. The van der Waals surface area contributed by atoms with Gasteiger partial charge in [-0.05, 0) is 39.8 Å². The molecule has 7 atom stereocenters. The molecule has 1 saturated heterocycles. The van der Waals surface area contributed by atoms with Crippen molar-refractivity contribution >= 4 is 21.9 Å². The molecule has 0 spiro atoms. The monoisotopic (exact) mass is 568 g/mol. The minimum Gasteiger partial charge on any atom is -0.489 e. The number of benzene rings is 1. The van der Waals surface area contributed by atoms with Crippen LogP contribution in [0.3, 0.4) is 0 Å². The van der Waals surface area contributed by atoms with E-state index in [0.717, 1.165) is 0 Å². The molecule has 13 nitrogen and oxygen atoms in total. The predicted molar refractivity (Wildman–Crippen MR) is 139 cm³/mol. The fourth-order valence-electron chi connectivity index (χ4n) is 4.35. The zero-order valence-electron chi connectivity index (χ0n) is 22.6. The van der Waals surface area contributed by atoms with Crippen LogP contribution < -0.4 is 10.4 Å². The van der Waals surface area contributed by atoms with E-state index in [1.807, 2.05) is 0 Å². The molecule has 4 rings (SSSR count). The molecule has 40 heavy (non-hydrogen) atoms. The van der Waals surface area contributed by atoms with Crippen LogP contribution in [0.1, 0.15) is 33.3 Å². The molecule has 0 bridgehead atoms. The standard InChI is InChI=1S/C27H36O13/c1-26(2,35)19(30)11-37-23-13-5-6-36-15(13)9-16-14(23)7-12(24(34)38-16)8-18(29)27(3,4)40-25-22(33)21(32)20(31)17(10-28)39-25/h5-7,9,17-22,25,28-33,35H,8,10-11H2,1-4H3/t17-,18?,19?,20-,21+,22-,25+/m1/s1. The van der Waals surface area contributed by atoms with Crippen molar-refractivity contribution in [2.24, 2.45) is 0 Å². The third kappa shape index (κ3) is 6.03. The zero-order valence-corrected chi connectivity index (χ0v) is 22.6. The molecule has 7 N–H and O–H groups in total. The van der Waals surface area contributed by atoms with Gasteiger partial charge in [-0.15, -0.1) is 0 Å². The highest BCUT2D eigenvalue weighted by molar-refractivity contribution is 6.01. The van der Waals surface area contributed by atoms with E-state index in [9.17, 15) is 40.5 Å². The van der Waals surface area contributed by atoms with E-state index in [0.29, 0.717) is 16.4 Å². The number of furan rings is 1. The molecule has 0 saturated carbocycles. The highest BCUT2D eigenvalue weighted by Gasteiger charge is 2.47. The summed E-state index contributed by atoms with van der Waals surface area (Å²) < 4.78 is 27.9. The van der Waals surface area contributed by atoms with Gasteiger partial charge in [0.25, 0.3) is 0 Å². The van der Waals surface area contributed by atoms with Gasteiger partial charge >= 0.3 is 5.63 Å². The number of aliphatic hydroxyl groups is 7. The van der Waals surface area contributed by atoms with Crippen LogP contribution in [-0.4, -0.2) is 103 Å². The molecule has 2 aromatic heterocycles. The van der Waals surface area contributed by atoms with Gasteiger partial charge in [-0.2, -0.15) is 0 Å². The predicted octanol–water partition coefficient (Wildman–Crippen LogP) is -0.452. The summed E-state index contributed by atoms with van der Waals surface area (Å²) in [5, 5.41) is 72.1. The first-order valence-corrected chi connectivity index (χ1v) is 12.8. The molecule has 2 unspecified atom stereocenters. The first-order valence-electron chi connectivity index (χ1n) is 12.8. The van der Waals surface area contributed by atoms with Crippen LogP contribution >= 0.6 is 0 Å². The van der Waals surface area contributed by atoms with Crippen LogP contribution in [0.5, 0.6) is 5.75 Å². The molecular formula is C27H36O13. The van der Waals surface area contributed by atoms with Gasteiger partial charge in [0.05, 0.1) is 40.9 Å².